The van der Waals surface area contributed by atoms with Crippen LogP contribution in [0.15, 0.2) is 0 Å². The first kappa shape index (κ1) is 6.82. The maximum absolute atomic E-state index is 11.4. The van der Waals surface area contributed by atoms with Gasteiger partial charge in [-0.3, -0.25) is 9.89 Å². The highest BCUT2D eigenvalue weighted by Crippen LogP contribution is 2.56. The highest BCUT2D eigenvalue weighted by atomic mass is 16.4. The highest BCUT2D eigenvalue weighted by molar-refractivity contribution is 6.07. The maximum atomic E-state index is 11.4. The molecule has 2 atom stereocenters. The van der Waals surface area contributed by atoms with Gasteiger partial charge >= 0.3 is 5.97 Å². The Bertz CT molecular complexity index is 435. The molecule has 0 amide bonds. The minimum absolute atomic E-state index is 0.00347. The molecule has 1 aromatic heterocycles. The summed E-state index contributed by atoms with van der Waals surface area (Å²) in [5, 5.41) is 14.9. The first-order valence-corrected chi connectivity index (χ1v) is 4.06. The van der Waals surface area contributed by atoms with Crippen molar-refractivity contribution in [3.05, 3.63) is 17.0 Å². The zero-order valence-corrected chi connectivity index (χ0v) is 6.57. The van der Waals surface area contributed by atoms with Gasteiger partial charge in [0, 0.05) is 11.5 Å². The molecule has 1 fully saturated rings. The Balaban J connectivity index is 2.23. The molecule has 0 radical (unpaired) electrons. The Kier molecular flexibility index (Phi) is 0.951. The van der Waals surface area contributed by atoms with Gasteiger partial charge in [-0.05, 0) is 12.3 Å². The first-order valence-electron chi connectivity index (χ1n) is 4.06. The fourth-order valence-corrected chi connectivity index (χ4v) is 2.04. The van der Waals surface area contributed by atoms with Gasteiger partial charge in [-0.25, -0.2) is 4.79 Å². The molecule has 66 valence electrons. The zero-order valence-electron chi connectivity index (χ0n) is 6.57. The lowest BCUT2D eigenvalue weighted by Crippen LogP contribution is -2.00. The minimum Gasteiger partial charge on any atom is -0.477 e. The lowest BCUT2D eigenvalue weighted by Gasteiger charge is -1.92. The number of hydrogen-bond acceptors (Lipinski definition) is 3. The van der Waals surface area contributed by atoms with E-state index in [0.29, 0.717) is 11.3 Å². The first-order chi connectivity index (χ1) is 6.20. The Morgan fingerprint density at radius 1 is 1.54 bits per heavy atom. The van der Waals surface area contributed by atoms with Gasteiger partial charge in [0.05, 0.1) is 0 Å². The van der Waals surface area contributed by atoms with E-state index in [-0.39, 0.29) is 23.3 Å². The number of aromatic nitrogens is 2. The third-order valence-corrected chi connectivity index (χ3v) is 2.75. The van der Waals surface area contributed by atoms with Crippen LogP contribution in [0.25, 0.3) is 0 Å². The third-order valence-electron chi connectivity index (χ3n) is 2.75. The normalized spacial score (nSPS) is 28.5. The van der Waals surface area contributed by atoms with Gasteiger partial charge < -0.3 is 5.11 Å². The zero-order chi connectivity index (χ0) is 9.16. The van der Waals surface area contributed by atoms with E-state index in [1.165, 1.54) is 0 Å². The van der Waals surface area contributed by atoms with Crippen molar-refractivity contribution < 1.29 is 14.7 Å². The van der Waals surface area contributed by atoms with E-state index in [9.17, 15) is 9.59 Å². The number of rotatable bonds is 1. The van der Waals surface area contributed by atoms with Crippen LogP contribution in [0.4, 0.5) is 0 Å². The van der Waals surface area contributed by atoms with Crippen molar-refractivity contribution in [1.29, 1.82) is 0 Å². The summed E-state index contributed by atoms with van der Waals surface area (Å²) in [4.78, 5) is 22.1. The number of aromatic carboxylic acids is 1. The average molecular weight is 178 g/mol. The standard InChI is InChI=1S/C8H6N2O3/c11-7-3-1-2(3)4-5(7)9-10-6(4)8(12)13/h2-3H,1H2,(H,9,10)(H,12,13). The summed E-state index contributed by atoms with van der Waals surface area (Å²) >= 11 is 0. The maximum Gasteiger partial charge on any atom is 0.354 e. The van der Waals surface area contributed by atoms with Crippen LogP contribution < -0.4 is 0 Å². The van der Waals surface area contributed by atoms with Crippen LogP contribution in [-0.4, -0.2) is 27.1 Å². The number of nitrogens with one attached hydrogen (secondary N) is 1. The van der Waals surface area contributed by atoms with Gasteiger partial charge in [-0.1, -0.05) is 0 Å². The van der Waals surface area contributed by atoms with Crippen molar-refractivity contribution in [2.24, 2.45) is 5.92 Å². The number of ketones is 1. The number of H-pyrrole nitrogens is 1. The molecule has 0 bridgehead atoms. The van der Waals surface area contributed by atoms with E-state index in [2.05, 4.69) is 10.2 Å². The number of fused-ring (bicyclic) bond motifs is 3. The van der Waals surface area contributed by atoms with E-state index in [1.807, 2.05) is 0 Å². The van der Waals surface area contributed by atoms with Gasteiger partial charge in [-0.2, -0.15) is 5.10 Å². The number of carbonyl (C=O) groups excluding carboxylic acids is 1. The van der Waals surface area contributed by atoms with Crippen molar-refractivity contribution in [3.8, 4) is 0 Å². The number of Topliss-reactive ketones (excluding diaryl/α,β-unsaturated/α-hetero) is 1. The summed E-state index contributed by atoms with van der Waals surface area (Å²) in [6.07, 6.45) is 0.797. The van der Waals surface area contributed by atoms with Crippen molar-refractivity contribution in [3.63, 3.8) is 0 Å². The Morgan fingerprint density at radius 3 is 3.00 bits per heavy atom. The molecule has 0 aromatic carbocycles. The molecule has 0 aliphatic heterocycles. The van der Waals surface area contributed by atoms with Crippen LogP contribution in [0.1, 0.15) is 38.9 Å². The van der Waals surface area contributed by atoms with Crippen LogP contribution in [0.5, 0.6) is 0 Å². The van der Waals surface area contributed by atoms with Crippen LogP contribution in [0, 0.1) is 5.92 Å². The van der Waals surface area contributed by atoms with Crippen LogP contribution >= 0.6 is 0 Å². The molecule has 2 unspecified atom stereocenters. The summed E-state index contributed by atoms with van der Waals surface area (Å²) in [7, 11) is 0. The molecule has 0 saturated heterocycles. The Morgan fingerprint density at radius 2 is 2.31 bits per heavy atom. The minimum atomic E-state index is -1.03. The van der Waals surface area contributed by atoms with E-state index >= 15 is 0 Å². The van der Waals surface area contributed by atoms with Gasteiger partial charge in [0.15, 0.2) is 5.78 Å². The van der Waals surface area contributed by atoms with Crippen LogP contribution in [0.2, 0.25) is 0 Å². The molecule has 0 spiro atoms. The smallest absolute Gasteiger partial charge is 0.354 e. The van der Waals surface area contributed by atoms with Crippen LogP contribution in [-0.2, 0) is 0 Å². The summed E-state index contributed by atoms with van der Waals surface area (Å²) < 4.78 is 0. The molecular formula is C8H6N2O3. The summed E-state index contributed by atoms with van der Waals surface area (Å²) in [5.74, 6) is -0.865. The summed E-state index contributed by atoms with van der Waals surface area (Å²) in [6.45, 7) is 0. The molecule has 1 heterocycles. The SMILES string of the molecule is O=C(O)c1[nH]nc2c1C1CC1C2=O. The fourth-order valence-electron chi connectivity index (χ4n) is 2.04. The molecule has 5 heteroatoms. The number of carbonyl (C=O) groups is 2. The monoisotopic (exact) mass is 178 g/mol. The Hall–Kier alpha value is -1.65. The molecule has 2 N–H and O–H groups in total. The molecule has 3 rings (SSSR count). The predicted molar refractivity (Wildman–Crippen MR) is 40.7 cm³/mol. The summed E-state index contributed by atoms with van der Waals surface area (Å²) in [5.41, 5.74) is 1.06. The van der Waals surface area contributed by atoms with Crippen molar-refractivity contribution >= 4 is 11.8 Å². The van der Waals surface area contributed by atoms with Crippen LogP contribution in [0.3, 0.4) is 0 Å². The van der Waals surface area contributed by atoms with Gasteiger partial charge in [0.1, 0.15) is 11.4 Å². The average Bonchev–Trinajstić information content (AvgIpc) is 2.65. The lowest BCUT2D eigenvalue weighted by molar-refractivity contribution is 0.0689. The van der Waals surface area contributed by atoms with Crippen molar-refractivity contribution in [2.75, 3.05) is 0 Å². The summed E-state index contributed by atoms with van der Waals surface area (Å²) in [6, 6.07) is 0. The largest absolute Gasteiger partial charge is 0.477 e. The van der Waals surface area contributed by atoms with Crippen molar-refractivity contribution in [1.82, 2.24) is 10.2 Å². The van der Waals surface area contributed by atoms with E-state index in [0.717, 1.165) is 6.42 Å². The quantitative estimate of drug-likeness (QED) is 0.652. The molecule has 5 nitrogen and oxygen atoms in total. The van der Waals surface area contributed by atoms with E-state index in [1.54, 1.807) is 0 Å². The molecule has 1 saturated carbocycles. The predicted octanol–water partition coefficient (Wildman–Crippen LogP) is 0.408. The number of nitrogens with zero attached hydrogens (tertiary/aromatic N) is 1. The molecule has 13 heavy (non-hydrogen) atoms. The topological polar surface area (TPSA) is 83.0 Å². The second-order valence-electron chi connectivity index (χ2n) is 3.48. The van der Waals surface area contributed by atoms with E-state index in [4.69, 9.17) is 5.11 Å². The number of carboxylic acids is 1. The second kappa shape index (κ2) is 1.81. The molecule has 2 aliphatic rings. The van der Waals surface area contributed by atoms with E-state index < -0.39 is 5.97 Å². The third kappa shape index (κ3) is 0.649. The van der Waals surface area contributed by atoms with Gasteiger partial charge in [0.25, 0.3) is 0 Å². The van der Waals surface area contributed by atoms with Gasteiger partial charge in [0.2, 0.25) is 0 Å². The van der Waals surface area contributed by atoms with Crippen molar-refractivity contribution in [2.45, 2.75) is 12.3 Å². The number of aromatic amines is 1. The molecule has 2 aliphatic carbocycles. The fraction of sp³-hybridized carbons (Fsp3) is 0.375. The molecular weight excluding hydrogens is 172 g/mol. The molecule has 1 aromatic rings. The Labute approximate surface area is 72.8 Å². The number of hydrogen-bond donors (Lipinski definition) is 2. The lowest BCUT2D eigenvalue weighted by atomic mass is 10.1. The van der Waals surface area contributed by atoms with Gasteiger partial charge in [-0.15, -0.1) is 0 Å². The second-order valence-corrected chi connectivity index (χ2v) is 3.48. The number of carboxylic acid groups (broad SMARTS) is 1. The highest BCUT2D eigenvalue weighted by Gasteiger charge is 2.55.